The van der Waals surface area contributed by atoms with Crippen LogP contribution in [0.5, 0.6) is 5.75 Å². The van der Waals surface area contributed by atoms with E-state index in [2.05, 4.69) is 78.5 Å². The molecular weight excluding hydrogens is 336 g/mol. The first kappa shape index (κ1) is 15.8. The maximum absolute atomic E-state index is 5.29. The summed E-state index contributed by atoms with van der Waals surface area (Å²) in [6.45, 7) is 0. The topological polar surface area (TPSA) is 9.23 Å². The highest BCUT2D eigenvalue weighted by Crippen LogP contribution is 2.59. The first-order valence-corrected chi connectivity index (χ1v) is 9.97. The molecule has 0 saturated carbocycles. The maximum atomic E-state index is 5.29. The summed E-state index contributed by atoms with van der Waals surface area (Å²) in [5.41, 5.74) is 8.46. The molecule has 2 heteroatoms. The Hall–Kier alpha value is -2.45. The number of hydrogen-bond acceptors (Lipinski definition) is 2. The molecule has 0 aromatic heterocycles. The van der Waals surface area contributed by atoms with E-state index in [1.54, 1.807) is 7.11 Å². The standard InChI is InChI=1S/C24H20OS/c1-25-19-12-10-17(11-13-19)18-14-15-24(26-16-18)22-8-4-2-6-20(22)21-7-3-5-9-23(21)24/h2-14H,15-16H2,1H3. The van der Waals surface area contributed by atoms with Crippen LogP contribution in [0, 0.1) is 0 Å². The van der Waals surface area contributed by atoms with Gasteiger partial charge in [-0.05, 0) is 51.9 Å². The van der Waals surface area contributed by atoms with Gasteiger partial charge in [0.1, 0.15) is 5.75 Å². The summed E-state index contributed by atoms with van der Waals surface area (Å²) < 4.78 is 5.34. The molecule has 26 heavy (non-hydrogen) atoms. The monoisotopic (exact) mass is 356 g/mol. The van der Waals surface area contributed by atoms with Crippen molar-refractivity contribution >= 4 is 17.3 Å². The molecule has 0 bridgehead atoms. The van der Waals surface area contributed by atoms with Crippen LogP contribution in [-0.2, 0) is 4.75 Å². The highest BCUT2D eigenvalue weighted by atomic mass is 32.2. The zero-order valence-electron chi connectivity index (χ0n) is 14.7. The quantitative estimate of drug-likeness (QED) is 0.545. The summed E-state index contributed by atoms with van der Waals surface area (Å²) in [6.07, 6.45) is 3.48. The molecule has 1 aliphatic carbocycles. The lowest BCUT2D eigenvalue weighted by atomic mass is 9.90. The zero-order chi connectivity index (χ0) is 17.6. The average Bonchev–Trinajstić information content (AvgIpc) is 2.99. The van der Waals surface area contributed by atoms with Crippen LogP contribution < -0.4 is 4.74 Å². The molecular formula is C24H20OS. The van der Waals surface area contributed by atoms with Crippen molar-refractivity contribution in [2.75, 3.05) is 12.9 Å². The number of methoxy groups -OCH3 is 1. The van der Waals surface area contributed by atoms with Gasteiger partial charge in [-0.2, -0.15) is 0 Å². The summed E-state index contributed by atoms with van der Waals surface area (Å²) in [5, 5.41) is 0. The molecule has 1 nitrogen and oxygen atoms in total. The number of allylic oxidation sites excluding steroid dienone is 1. The van der Waals surface area contributed by atoms with Crippen molar-refractivity contribution in [2.45, 2.75) is 11.2 Å². The van der Waals surface area contributed by atoms with Crippen molar-refractivity contribution in [3.05, 3.63) is 95.6 Å². The van der Waals surface area contributed by atoms with Gasteiger partial charge in [0.25, 0.3) is 0 Å². The molecule has 2 aliphatic rings. The third-order valence-electron chi connectivity index (χ3n) is 5.59. The first-order valence-electron chi connectivity index (χ1n) is 8.99. The molecule has 1 aliphatic heterocycles. The summed E-state index contributed by atoms with van der Waals surface area (Å²) in [4.78, 5) is 0. The Morgan fingerprint density at radius 3 is 1.96 bits per heavy atom. The third kappa shape index (κ3) is 2.25. The molecule has 0 saturated heterocycles. The maximum Gasteiger partial charge on any atom is 0.118 e. The number of fused-ring (bicyclic) bond motifs is 5. The highest BCUT2D eigenvalue weighted by molar-refractivity contribution is 8.00. The van der Waals surface area contributed by atoms with Gasteiger partial charge in [0, 0.05) is 5.75 Å². The molecule has 5 rings (SSSR count). The fourth-order valence-corrected chi connectivity index (χ4v) is 5.81. The lowest BCUT2D eigenvalue weighted by molar-refractivity contribution is 0.415. The lowest BCUT2D eigenvalue weighted by Gasteiger charge is -2.34. The van der Waals surface area contributed by atoms with E-state index in [1.165, 1.54) is 33.4 Å². The van der Waals surface area contributed by atoms with Crippen LogP contribution in [0.2, 0.25) is 0 Å². The molecule has 3 aromatic rings. The van der Waals surface area contributed by atoms with Gasteiger partial charge in [-0.15, -0.1) is 11.8 Å². The Balaban J connectivity index is 1.56. The fraction of sp³-hybridized carbons (Fsp3) is 0.167. The Kier molecular flexibility index (Phi) is 3.68. The van der Waals surface area contributed by atoms with Crippen LogP contribution in [-0.4, -0.2) is 12.9 Å². The second-order valence-electron chi connectivity index (χ2n) is 6.87. The van der Waals surface area contributed by atoms with E-state index < -0.39 is 0 Å². The van der Waals surface area contributed by atoms with Crippen LogP contribution in [0.3, 0.4) is 0 Å². The van der Waals surface area contributed by atoms with E-state index in [9.17, 15) is 0 Å². The van der Waals surface area contributed by atoms with Crippen molar-refractivity contribution in [3.63, 3.8) is 0 Å². The summed E-state index contributed by atoms with van der Waals surface area (Å²) in [7, 11) is 1.71. The van der Waals surface area contributed by atoms with Crippen LogP contribution in [0.1, 0.15) is 23.1 Å². The van der Waals surface area contributed by atoms with Crippen LogP contribution in [0.15, 0.2) is 78.9 Å². The van der Waals surface area contributed by atoms with Gasteiger partial charge in [0.05, 0.1) is 11.9 Å². The van der Waals surface area contributed by atoms with E-state index in [4.69, 9.17) is 4.74 Å². The molecule has 0 unspecified atom stereocenters. The molecule has 0 fully saturated rings. The first-order chi connectivity index (χ1) is 12.8. The van der Waals surface area contributed by atoms with Gasteiger partial charge in [0.2, 0.25) is 0 Å². The van der Waals surface area contributed by atoms with Crippen LogP contribution in [0.4, 0.5) is 0 Å². The minimum absolute atomic E-state index is 0.0587. The minimum Gasteiger partial charge on any atom is -0.497 e. The lowest BCUT2D eigenvalue weighted by Crippen LogP contribution is -2.23. The average molecular weight is 356 g/mol. The highest BCUT2D eigenvalue weighted by Gasteiger charge is 2.44. The Morgan fingerprint density at radius 1 is 0.808 bits per heavy atom. The van der Waals surface area contributed by atoms with Crippen molar-refractivity contribution in [1.82, 2.24) is 0 Å². The van der Waals surface area contributed by atoms with E-state index in [1.807, 2.05) is 12.1 Å². The van der Waals surface area contributed by atoms with Gasteiger partial charge in [-0.3, -0.25) is 0 Å². The van der Waals surface area contributed by atoms with Gasteiger partial charge in [-0.25, -0.2) is 0 Å². The van der Waals surface area contributed by atoms with E-state index in [0.717, 1.165) is 17.9 Å². The second kappa shape index (κ2) is 6.07. The Morgan fingerprint density at radius 2 is 1.42 bits per heavy atom. The molecule has 0 amide bonds. The third-order valence-corrected chi connectivity index (χ3v) is 7.14. The van der Waals surface area contributed by atoms with Crippen molar-refractivity contribution < 1.29 is 4.74 Å². The normalized spacial score (nSPS) is 16.7. The molecule has 1 heterocycles. The Bertz CT molecular complexity index is 955. The van der Waals surface area contributed by atoms with Gasteiger partial charge >= 0.3 is 0 Å². The molecule has 0 atom stereocenters. The summed E-state index contributed by atoms with van der Waals surface area (Å²) in [5.74, 6) is 1.93. The van der Waals surface area contributed by atoms with Crippen molar-refractivity contribution in [1.29, 1.82) is 0 Å². The predicted octanol–water partition coefficient (Wildman–Crippen LogP) is 6.14. The van der Waals surface area contributed by atoms with Crippen LogP contribution >= 0.6 is 11.8 Å². The number of benzene rings is 3. The molecule has 1 spiro atoms. The SMILES string of the molecule is COc1ccc(C2=CCC3(SC2)c2ccccc2-c2ccccc23)cc1. The van der Waals surface area contributed by atoms with Gasteiger partial charge in [0.15, 0.2) is 0 Å². The molecule has 3 aromatic carbocycles. The van der Waals surface area contributed by atoms with E-state index >= 15 is 0 Å². The summed E-state index contributed by atoms with van der Waals surface area (Å²) in [6, 6.07) is 26.3. The molecule has 128 valence electrons. The molecule has 0 radical (unpaired) electrons. The second-order valence-corrected chi connectivity index (χ2v) is 8.14. The Labute approximate surface area is 158 Å². The fourth-order valence-electron chi connectivity index (χ4n) is 4.25. The van der Waals surface area contributed by atoms with E-state index in [-0.39, 0.29) is 4.75 Å². The number of thioether (sulfide) groups is 1. The zero-order valence-corrected chi connectivity index (χ0v) is 15.6. The number of ether oxygens (including phenoxy) is 1. The van der Waals surface area contributed by atoms with E-state index in [0.29, 0.717) is 0 Å². The van der Waals surface area contributed by atoms with Crippen molar-refractivity contribution in [2.24, 2.45) is 0 Å². The predicted molar refractivity (Wildman–Crippen MR) is 111 cm³/mol. The number of hydrogen-bond donors (Lipinski definition) is 0. The van der Waals surface area contributed by atoms with Gasteiger partial charge < -0.3 is 4.74 Å². The van der Waals surface area contributed by atoms with Crippen LogP contribution in [0.25, 0.3) is 16.7 Å². The summed E-state index contributed by atoms with van der Waals surface area (Å²) >= 11 is 2.07. The smallest absolute Gasteiger partial charge is 0.118 e. The minimum atomic E-state index is 0.0587. The number of rotatable bonds is 2. The van der Waals surface area contributed by atoms with Crippen molar-refractivity contribution in [3.8, 4) is 16.9 Å². The molecule has 0 N–H and O–H groups in total. The van der Waals surface area contributed by atoms with Gasteiger partial charge in [-0.1, -0.05) is 66.7 Å². The largest absolute Gasteiger partial charge is 0.497 e.